The Bertz CT molecular complexity index is 224. The van der Waals surface area contributed by atoms with E-state index in [1.54, 1.807) is 11.2 Å². The van der Waals surface area contributed by atoms with Crippen LogP contribution in [0.25, 0.3) is 0 Å². The quantitative estimate of drug-likeness (QED) is 0.358. The zero-order chi connectivity index (χ0) is 10.3. The van der Waals surface area contributed by atoms with Gasteiger partial charge >= 0.3 is 0 Å². The van der Waals surface area contributed by atoms with E-state index in [4.69, 9.17) is 0 Å². The molecule has 0 bridgehead atoms. The van der Waals surface area contributed by atoms with E-state index in [0.717, 1.165) is 12.1 Å². The smallest absolute Gasteiger partial charge is 0.0416 e. The molecular formula is C11H18N2. The summed E-state index contributed by atoms with van der Waals surface area (Å²) in [6.07, 6.45) is 6.65. The fourth-order valence-electron chi connectivity index (χ4n) is 0.885. The summed E-state index contributed by atoms with van der Waals surface area (Å²) in [7, 11) is 0. The van der Waals surface area contributed by atoms with Gasteiger partial charge in [0.15, 0.2) is 0 Å². The Kier molecular flexibility index (Phi) is 5.60. The lowest BCUT2D eigenvalue weighted by Gasteiger charge is -2.14. The van der Waals surface area contributed by atoms with Crippen molar-refractivity contribution in [2.45, 2.75) is 27.2 Å². The average molecular weight is 178 g/mol. The normalized spacial score (nSPS) is 10.5. The molecule has 0 aliphatic heterocycles. The first kappa shape index (κ1) is 11.7. The zero-order valence-electron chi connectivity index (χ0n) is 8.75. The third kappa shape index (κ3) is 4.31. The van der Waals surface area contributed by atoms with Gasteiger partial charge in [-0.2, -0.15) is 5.10 Å². The number of nitrogens with zero attached hydrogens (tertiary/aromatic N) is 2. The molecule has 0 atom stereocenters. The van der Waals surface area contributed by atoms with Crippen molar-refractivity contribution in [2.75, 3.05) is 0 Å². The summed E-state index contributed by atoms with van der Waals surface area (Å²) >= 11 is 0. The van der Waals surface area contributed by atoms with Crippen LogP contribution in [0, 0.1) is 0 Å². The molecule has 0 amide bonds. The molecule has 2 nitrogen and oxygen atoms in total. The molecule has 0 radical (unpaired) electrons. The summed E-state index contributed by atoms with van der Waals surface area (Å²) in [6, 6.07) is 0. The predicted molar refractivity (Wildman–Crippen MR) is 59.4 cm³/mol. The molecule has 0 heterocycles. The Hall–Kier alpha value is -1.31. The van der Waals surface area contributed by atoms with Crippen molar-refractivity contribution < 1.29 is 0 Å². The molecule has 0 aromatic carbocycles. The molecule has 0 spiro atoms. The van der Waals surface area contributed by atoms with E-state index in [2.05, 4.69) is 45.2 Å². The van der Waals surface area contributed by atoms with Crippen LogP contribution in [0.2, 0.25) is 0 Å². The van der Waals surface area contributed by atoms with Crippen LogP contribution in [0.15, 0.2) is 41.3 Å². The van der Waals surface area contributed by atoms with E-state index >= 15 is 0 Å². The highest BCUT2D eigenvalue weighted by atomic mass is 15.4. The number of rotatable bonds is 5. The lowest BCUT2D eigenvalue weighted by molar-refractivity contribution is 0.486. The monoisotopic (exact) mass is 178 g/mol. The molecule has 72 valence electrons. The maximum Gasteiger partial charge on any atom is 0.0416 e. The second kappa shape index (κ2) is 6.23. The minimum Gasteiger partial charge on any atom is -0.246 e. The molecule has 0 aromatic rings. The highest BCUT2D eigenvalue weighted by molar-refractivity contribution is 5.25. The first-order valence-electron chi connectivity index (χ1n) is 4.38. The van der Waals surface area contributed by atoms with Crippen molar-refractivity contribution in [3.63, 3.8) is 0 Å². The Morgan fingerprint density at radius 1 is 1.38 bits per heavy atom. The maximum atomic E-state index is 3.82. The van der Waals surface area contributed by atoms with Crippen molar-refractivity contribution in [1.82, 2.24) is 5.01 Å². The molecule has 0 saturated carbocycles. The third-order valence-corrected chi connectivity index (χ3v) is 1.59. The summed E-state index contributed by atoms with van der Waals surface area (Å²) in [4.78, 5) is 0. The van der Waals surface area contributed by atoms with E-state index in [9.17, 15) is 0 Å². The fourth-order valence-corrected chi connectivity index (χ4v) is 0.885. The summed E-state index contributed by atoms with van der Waals surface area (Å²) in [5, 5.41) is 5.50. The second-order valence-corrected chi connectivity index (χ2v) is 2.92. The Balaban J connectivity index is 4.66. The van der Waals surface area contributed by atoms with Gasteiger partial charge in [0.1, 0.15) is 0 Å². The van der Waals surface area contributed by atoms with Crippen LogP contribution >= 0.6 is 0 Å². The first-order chi connectivity index (χ1) is 6.15. The number of hydrogen-bond donors (Lipinski definition) is 0. The number of hydrazone groups is 1. The number of allylic oxidation sites excluding steroid dienone is 4. The van der Waals surface area contributed by atoms with Gasteiger partial charge in [-0.15, -0.1) is 0 Å². The topological polar surface area (TPSA) is 15.6 Å². The van der Waals surface area contributed by atoms with Gasteiger partial charge in [-0.05, 0) is 26.3 Å². The SMILES string of the molecule is C=CN(N=C)/C(=C/C=C(C)C)CC. The van der Waals surface area contributed by atoms with Crippen LogP contribution < -0.4 is 0 Å². The lowest BCUT2D eigenvalue weighted by Crippen LogP contribution is -2.06. The highest BCUT2D eigenvalue weighted by Gasteiger charge is 1.98. The Labute approximate surface area is 80.9 Å². The molecule has 2 heteroatoms. The molecule has 0 saturated heterocycles. The van der Waals surface area contributed by atoms with Crippen LogP contribution in [0.3, 0.4) is 0 Å². The largest absolute Gasteiger partial charge is 0.246 e. The minimum atomic E-state index is 0.912. The van der Waals surface area contributed by atoms with E-state index in [-0.39, 0.29) is 0 Å². The minimum absolute atomic E-state index is 0.912. The molecule has 0 aliphatic rings. The molecule has 0 aliphatic carbocycles. The molecular weight excluding hydrogens is 160 g/mol. The van der Waals surface area contributed by atoms with Crippen LogP contribution in [-0.4, -0.2) is 11.7 Å². The molecule has 0 unspecified atom stereocenters. The van der Waals surface area contributed by atoms with E-state index in [1.807, 2.05) is 6.08 Å². The Morgan fingerprint density at radius 3 is 2.31 bits per heavy atom. The van der Waals surface area contributed by atoms with Crippen molar-refractivity contribution in [2.24, 2.45) is 5.10 Å². The van der Waals surface area contributed by atoms with Crippen molar-refractivity contribution in [3.8, 4) is 0 Å². The van der Waals surface area contributed by atoms with Crippen molar-refractivity contribution >= 4 is 6.72 Å². The van der Waals surface area contributed by atoms with Gasteiger partial charge in [0, 0.05) is 18.6 Å². The first-order valence-corrected chi connectivity index (χ1v) is 4.38. The number of hydrogen-bond acceptors (Lipinski definition) is 2. The fraction of sp³-hybridized carbons (Fsp3) is 0.364. The van der Waals surface area contributed by atoms with Gasteiger partial charge in [0.25, 0.3) is 0 Å². The predicted octanol–water partition coefficient (Wildman–Crippen LogP) is 3.31. The molecule has 0 aromatic heterocycles. The summed E-state index contributed by atoms with van der Waals surface area (Å²) < 4.78 is 0. The molecule has 0 fully saturated rings. The van der Waals surface area contributed by atoms with E-state index < -0.39 is 0 Å². The van der Waals surface area contributed by atoms with E-state index in [1.165, 1.54) is 5.57 Å². The van der Waals surface area contributed by atoms with Crippen LogP contribution in [0.4, 0.5) is 0 Å². The molecule has 0 N–H and O–H groups in total. The summed E-state index contributed by atoms with van der Waals surface area (Å²) in [5.41, 5.74) is 2.35. The Morgan fingerprint density at radius 2 is 2.00 bits per heavy atom. The van der Waals surface area contributed by atoms with Gasteiger partial charge in [-0.3, -0.25) is 0 Å². The summed E-state index contributed by atoms with van der Waals surface area (Å²) in [5.74, 6) is 0. The van der Waals surface area contributed by atoms with Gasteiger partial charge in [0.05, 0.1) is 0 Å². The molecule has 0 rings (SSSR count). The van der Waals surface area contributed by atoms with Gasteiger partial charge in [-0.1, -0.05) is 25.2 Å². The van der Waals surface area contributed by atoms with Gasteiger partial charge in [-0.25, -0.2) is 5.01 Å². The highest BCUT2D eigenvalue weighted by Crippen LogP contribution is 2.09. The third-order valence-electron chi connectivity index (χ3n) is 1.59. The van der Waals surface area contributed by atoms with Gasteiger partial charge in [0.2, 0.25) is 0 Å². The zero-order valence-corrected chi connectivity index (χ0v) is 8.75. The van der Waals surface area contributed by atoms with Crippen LogP contribution in [0.5, 0.6) is 0 Å². The van der Waals surface area contributed by atoms with Crippen molar-refractivity contribution in [3.05, 3.63) is 36.2 Å². The average Bonchev–Trinajstić information content (AvgIpc) is 2.11. The standard InChI is InChI=1S/C11H18N2/c1-6-11(9-8-10(3)4)13(7-2)12-5/h7-9H,2,5-6H2,1,3-4H3/b11-9+. The summed E-state index contributed by atoms with van der Waals surface area (Å²) in [6.45, 7) is 13.3. The van der Waals surface area contributed by atoms with E-state index in [0.29, 0.717) is 0 Å². The second-order valence-electron chi connectivity index (χ2n) is 2.92. The van der Waals surface area contributed by atoms with Gasteiger partial charge < -0.3 is 0 Å². The molecule has 13 heavy (non-hydrogen) atoms. The maximum absolute atomic E-state index is 3.82. The van der Waals surface area contributed by atoms with Crippen LogP contribution in [0.1, 0.15) is 27.2 Å². The lowest BCUT2D eigenvalue weighted by atomic mass is 10.2. The van der Waals surface area contributed by atoms with Crippen molar-refractivity contribution in [1.29, 1.82) is 0 Å². The van der Waals surface area contributed by atoms with Crippen LogP contribution in [-0.2, 0) is 0 Å².